The summed E-state index contributed by atoms with van der Waals surface area (Å²) in [5.74, 6) is -0.176. The number of aromatic nitrogens is 1. The summed E-state index contributed by atoms with van der Waals surface area (Å²) in [6.07, 6.45) is 1.19. The van der Waals surface area contributed by atoms with E-state index in [9.17, 15) is 9.59 Å². The second-order valence-electron chi connectivity index (χ2n) is 8.36. The molecule has 7 nitrogen and oxygen atoms in total. The minimum absolute atomic E-state index is 0.0209. The third-order valence-electron chi connectivity index (χ3n) is 6.90. The van der Waals surface area contributed by atoms with Crippen LogP contribution in [0.25, 0.3) is 11.1 Å². The van der Waals surface area contributed by atoms with Crippen LogP contribution in [-0.4, -0.2) is 51.7 Å². The summed E-state index contributed by atoms with van der Waals surface area (Å²) in [5, 5.41) is 0. The summed E-state index contributed by atoms with van der Waals surface area (Å²) in [4.78, 5) is 29.4. The number of rotatable bonds is 4. The number of nitrogens with zero attached hydrogens (tertiary/aromatic N) is 3. The number of para-hydroxylation sites is 2. The van der Waals surface area contributed by atoms with Crippen molar-refractivity contribution in [1.82, 2.24) is 14.4 Å². The van der Waals surface area contributed by atoms with Gasteiger partial charge in [-0.2, -0.15) is 0 Å². The standard InChI is InChI=1S/C23H23N3O4/c27-21-14-20-23(26(21)15-19(30-23)16-6-2-1-3-7-16)10-11-24(20)12-13-25-17-8-4-5-9-18(17)29-22(25)28/h1-9,19-20H,10-15H2/t19-,20+,23-/m0/s1. The molecule has 0 unspecified atom stereocenters. The van der Waals surface area contributed by atoms with Gasteiger partial charge in [-0.25, -0.2) is 4.79 Å². The molecule has 30 heavy (non-hydrogen) atoms. The second-order valence-corrected chi connectivity index (χ2v) is 8.36. The lowest BCUT2D eigenvalue weighted by molar-refractivity contribution is -0.138. The molecule has 3 atom stereocenters. The van der Waals surface area contributed by atoms with Gasteiger partial charge in [-0.15, -0.1) is 0 Å². The van der Waals surface area contributed by atoms with Gasteiger partial charge in [0.2, 0.25) is 5.91 Å². The summed E-state index contributed by atoms with van der Waals surface area (Å²) >= 11 is 0. The number of carbonyl (C=O) groups excluding carboxylic acids is 1. The van der Waals surface area contributed by atoms with Gasteiger partial charge < -0.3 is 14.1 Å². The van der Waals surface area contributed by atoms with Gasteiger partial charge in [-0.1, -0.05) is 42.5 Å². The Morgan fingerprint density at radius 3 is 2.67 bits per heavy atom. The van der Waals surface area contributed by atoms with E-state index in [-0.39, 0.29) is 23.8 Å². The smallest absolute Gasteiger partial charge is 0.408 e. The van der Waals surface area contributed by atoms with Crippen LogP contribution < -0.4 is 5.76 Å². The molecule has 1 amide bonds. The zero-order valence-corrected chi connectivity index (χ0v) is 16.6. The first-order valence-electron chi connectivity index (χ1n) is 10.5. The number of benzene rings is 2. The lowest BCUT2D eigenvalue weighted by Crippen LogP contribution is -2.48. The topological polar surface area (TPSA) is 67.9 Å². The Kier molecular flexibility index (Phi) is 3.91. The van der Waals surface area contributed by atoms with Crippen molar-refractivity contribution in [2.24, 2.45) is 0 Å². The summed E-state index contributed by atoms with van der Waals surface area (Å²) in [6, 6.07) is 17.6. The predicted octanol–water partition coefficient (Wildman–Crippen LogP) is 2.37. The van der Waals surface area contributed by atoms with Crippen molar-refractivity contribution in [3.63, 3.8) is 0 Å². The Labute approximate surface area is 173 Å². The van der Waals surface area contributed by atoms with Crippen LogP contribution in [0.1, 0.15) is 24.5 Å². The highest BCUT2D eigenvalue weighted by Gasteiger charge is 2.63. The van der Waals surface area contributed by atoms with Crippen LogP contribution in [0, 0.1) is 0 Å². The van der Waals surface area contributed by atoms with E-state index in [1.54, 1.807) is 4.57 Å². The van der Waals surface area contributed by atoms with E-state index in [0.29, 0.717) is 31.6 Å². The zero-order chi connectivity index (χ0) is 20.3. The van der Waals surface area contributed by atoms with Gasteiger partial charge in [-0.3, -0.25) is 14.3 Å². The fourth-order valence-electron chi connectivity index (χ4n) is 5.47. The largest absolute Gasteiger partial charge is 0.419 e. The lowest BCUT2D eigenvalue weighted by Gasteiger charge is -2.32. The number of hydrogen-bond acceptors (Lipinski definition) is 5. The first-order chi connectivity index (χ1) is 14.7. The first kappa shape index (κ1) is 17.9. The van der Waals surface area contributed by atoms with Crippen LogP contribution in [0.3, 0.4) is 0 Å². The van der Waals surface area contributed by atoms with Gasteiger partial charge >= 0.3 is 5.76 Å². The van der Waals surface area contributed by atoms with Gasteiger partial charge in [0.05, 0.1) is 18.1 Å². The van der Waals surface area contributed by atoms with E-state index in [1.165, 1.54) is 0 Å². The summed E-state index contributed by atoms with van der Waals surface area (Å²) in [7, 11) is 0. The summed E-state index contributed by atoms with van der Waals surface area (Å²) in [6.45, 7) is 2.66. The second kappa shape index (κ2) is 6.55. The van der Waals surface area contributed by atoms with E-state index < -0.39 is 5.72 Å². The molecule has 1 spiro atoms. The molecular formula is C23H23N3O4. The molecule has 2 aromatic carbocycles. The molecule has 3 fully saturated rings. The average Bonchev–Trinajstić information content (AvgIpc) is 3.46. The Morgan fingerprint density at radius 2 is 1.80 bits per heavy atom. The van der Waals surface area contributed by atoms with E-state index >= 15 is 0 Å². The van der Waals surface area contributed by atoms with Gasteiger partial charge in [0, 0.05) is 32.5 Å². The van der Waals surface area contributed by atoms with E-state index in [0.717, 1.165) is 24.0 Å². The van der Waals surface area contributed by atoms with Crippen molar-refractivity contribution in [2.45, 2.75) is 37.3 Å². The number of fused-ring (bicyclic) bond motifs is 1. The molecule has 0 saturated carbocycles. The molecule has 1 aromatic heterocycles. The maximum Gasteiger partial charge on any atom is 0.419 e. The van der Waals surface area contributed by atoms with E-state index in [2.05, 4.69) is 17.0 Å². The van der Waals surface area contributed by atoms with Gasteiger partial charge in [-0.05, 0) is 17.7 Å². The highest BCUT2D eigenvalue weighted by atomic mass is 16.5. The molecule has 0 N–H and O–H groups in total. The quantitative estimate of drug-likeness (QED) is 0.667. The SMILES string of the molecule is O=C1C[C@H]2N(CCn3c(=O)oc4ccccc43)CC[C@]23O[C@H](c2ccccc2)CN13. The average molecular weight is 405 g/mol. The van der Waals surface area contributed by atoms with Crippen LogP contribution in [-0.2, 0) is 16.1 Å². The minimum atomic E-state index is -0.541. The highest BCUT2D eigenvalue weighted by molar-refractivity contribution is 5.81. The molecule has 6 rings (SSSR count). The molecule has 3 aliphatic heterocycles. The van der Waals surface area contributed by atoms with Crippen molar-refractivity contribution in [1.29, 1.82) is 0 Å². The lowest BCUT2D eigenvalue weighted by atomic mass is 10.1. The number of hydrogen-bond donors (Lipinski definition) is 0. The van der Waals surface area contributed by atoms with E-state index in [1.807, 2.05) is 47.4 Å². The van der Waals surface area contributed by atoms with Gasteiger partial charge in [0.25, 0.3) is 0 Å². The molecule has 3 aromatic rings. The molecular weight excluding hydrogens is 382 g/mol. The molecule has 0 aliphatic carbocycles. The fourth-order valence-corrected chi connectivity index (χ4v) is 5.47. The van der Waals surface area contributed by atoms with E-state index in [4.69, 9.17) is 9.15 Å². The van der Waals surface area contributed by atoms with Crippen molar-refractivity contribution in [2.75, 3.05) is 19.6 Å². The number of amides is 1. The molecule has 0 radical (unpaired) electrons. The number of likely N-dealkylation sites (tertiary alicyclic amines) is 1. The molecule has 3 aliphatic rings. The van der Waals surface area contributed by atoms with Gasteiger partial charge in [0.1, 0.15) is 6.10 Å². The Balaban J connectivity index is 1.24. The van der Waals surface area contributed by atoms with Crippen LogP contribution in [0.5, 0.6) is 0 Å². The molecule has 0 bridgehead atoms. The van der Waals surface area contributed by atoms with Crippen molar-refractivity contribution < 1.29 is 13.9 Å². The molecule has 4 heterocycles. The van der Waals surface area contributed by atoms with Crippen molar-refractivity contribution in [3.8, 4) is 0 Å². The Morgan fingerprint density at radius 1 is 1.00 bits per heavy atom. The van der Waals surface area contributed by atoms with Crippen LogP contribution in [0.2, 0.25) is 0 Å². The summed E-state index contributed by atoms with van der Waals surface area (Å²) in [5.41, 5.74) is 1.98. The van der Waals surface area contributed by atoms with Crippen LogP contribution in [0.4, 0.5) is 0 Å². The third kappa shape index (κ3) is 2.52. The summed E-state index contributed by atoms with van der Waals surface area (Å²) < 4.78 is 13.6. The van der Waals surface area contributed by atoms with Crippen molar-refractivity contribution >= 4 is 17.0 Å². The Bertz CT molecular complexity index is 1170. The number of oxazole rings is 1. The predicted molar refractivity (Wildman–Crippen MR) is 110 cm³/mol. The highest BCUT2D eigenvalue weighted by Crippen LogP contribution is 2.50. The fraction of sp³-hybridized carbons (Fsp3) is 0.391. The first-order valence-corrected chi connectivity index (χ1v) is 10.5. The van der Waals surface area contributed by atoms with Crippen molar-refractivity contribution in [3.05, 3.63) is 70.7 Å². The normalized spacial score (nSPS) is 28.4. The molecule has 7 heteroatoms. The maximum absolute atomic E-state index is 12.8. The molecule has 3 saturated heterocycles. The zero-order valence-electron chi connectivity index (χ0n) is 16.6. The minimum Gasteiger partial charge on any atom is -0.408 e. The van der Waals surface area contributed by atoms with Gasteiger partial charge in [0.15, 0.2) is 11.3 Å². The number of ether oxygens (including phenoxy) is 1. The number of carbonyl (C=O) groups is 1. The monoisotopic (exact) mass is 405 g/mol. The Hall–Kier alpha value is -2.90. The maximum atomic E-state index is 12.8. The molecule has 154 valence electrons. The van der Waals surface area contributed by atoms with Crippen LogP contribution in [0.15, 0.2) is 63.8 Å². The van der Waals surface area contributed by atoms with Crippen LogP contribution >= 0.6 is 0 Å². The third-order valence-corrected chi connectivity index (χ3v) is 6.90.